The summed E-state index contributed by atoms with van der Waals surface area (Å²) in [7, 11) is -1.56. The summed E-state index contributed by atoms with van der Waals surface area (Å²) in [5.74, 6) is 0.907. The smallest absolute Gasteiger partial charge is 0.191 e. The van der Waals surface area contributed by atoms with Crippen LogP contribution in [-0.4, -0.2) is 40.8 Å². The number of unbranched alkanes of at least 4 members (excludes halogenated alkanes) is 1. The molecular formula is C23H32FN3O3S. The lowest BCUT2D eigenvalue weighted by Crippen LogP contribution is -2.38. The second-order valence-electron chi connectivity index (χ2n) is 7.43. The van der Waals surface area contributed by atoms with E-state index in [0.29, 0.717) is 23.6 Å². The highest BCUT2D eigenvalue weighted by Gasteiger charge is 2.11. The minimum absolute atomic E-state index is 0.130. The van der Waals surface area contributed by atoms with Crippen LogP contribution >= 0.6 is 0 Å². The van der Waals surface area contributed by atoms with Crippen molar-refractivity contribution in [3.8, 4) is 5.75 Å². The first kappa shape index (κ1) is 24.7. The molecule has 2 aromatic rings. The van der Waals surface area contributed by atoms with E-state index < -0.39 is 15.7 Å². The Kier molecular flexibility index (Phi) is 9.78. The zero-order chi connectivity index (χ0) is 22.7. The average Bonchev–Trinajstić information content (AvgIpc) is 2.72. The van der Waals surface area contributed by atoms with Crippen LogP contribution in [0.25, 0.3) is 0 Å². The van der Waals surface area contributed by atoms with Crippen molar-refractivity contribution >= 4 is 15.8 Å². The fourth-order valence-electron chi connectivity index (χ4n) is 2.99. The van der Waals surface area contributed by atoms with Gasteiger partial charge < -0.3 is 15.4 Å². The van der Waals surface area contributed by atoms with E-state index in [1.165, 1.54) is 23.8 Å². The first-order valence-corrected chi connectivity index (χ1v) is 12.5. The van der Waals surface area contributed by atoms with E-state index >= 15 is 0 Å². The number of hydrogen-bond acceptors (Lipinski definition) is 4. The summed E-state index contributed by atoms with van der Waals surface area (Å²) in [6.07, 6.45) is 4.12. The number of guanidine groups is 1. The first-order chi connectivity index (χ1) is 14.8. The second kappa shape index (κ2) is 12.3. The highest BCUT2D eigenvalue weighted by atomic mass is 32.2. The summed E-state index contributed by atoms with van der Waals surface area (Å²) in [4.78, 5) is 4.18. The third-order valence-electron chi connectivity index (χ3n) is 4.65. The van der Waals surface area contributed by atoms with E-state index in [-0.39, 0.29) is 12.3 Å². The maximum Gasteiger partial charge on any atom is 0.191 e. The summed E-state index contributed by atoms with van der Waals surface area (Å²) in [6.45, 7) is 3.80. The van der Waals surface area contributed by atoms with Gasteiger partial charge in [-0.2, -0.15) is 0 Å². The minimum Gasteiger partial charge on any atom is -0.494 e. The summed E-state index contributed by atoms with van der Waals surface area (Å²) < 4.78 is 42.6. The molecule has 6 nitrogen and oxygen atoms in total. The van der Waals surface area contributed by atoms with E-state index in [1.807, 2.05) is 24.3 Å². The molecule has 0 bridgehead atoms. The van der Waals surface area contributed by atoms with Gasteiger partial charge in [-0.05, 0) is 53.8 Å². The first-order valence-electron chi connectivity index (χ1n) is 10.4. The summed E-state index contributed by atoms with van der Waals surface area (Å²) in [6, 6.07) is 12.2. The van der Waals surface area contributed by atoms with Gasteiger partial charge in [0.1, 0.15) is 11.6 Å². The van der Waals surface area contributed by atoms with Gasteiger partial charge in [0.2, 0.25) is 0 Å². The number of nitrogens with zero attached hydrogens (tertiary/aromatic N) is 1. The van der Waals surface area contributed by atoms with Crippen molar-refractivity contribution in [2.75, 3.05) is 26.5 Å². The molecule has 0 amide bonds. The van der Waals surface area contributed by atoms with Crippen LogP contribution in [0.4, 0.5) is 4.39 Å². The van der Waals surface area contributed by atoms with Crippen molar-refractivity contribution in [2.45, 2.75) is 38.5 Å². The Labute approximate surface area is 184 Å². The Morgan fingerprint density at radius 3 is 2.48 bits per heavy atom. The van der Waals surface area contributed by atoms with Crippen LogP contribution in [-0.2, 0) is 28.6 Å². The Hall–Kier alpha value is -2.61. The third kappa shape index (κ3) is 9.38. The molecule has 0 radical (unpaired) electrons. The van der Waals surface area contributed by atoms with Crippen molar-refractivity contribution in [3.05, 3.63) is 65.0 Å². The predicted octanol–water partition coefficient (Wildman–Crippen LogP) is 3.46. The van der Waals surface area contributed by atoms with E-state index in [0.717, 1.165) is 37.9 Å². The molecule has 0 saturated carbocycles. The van der Waals surface area contributed by atoms with Gasteiger partial charge in [-0.1, -0.05) is 31.5 Å². The quantitative estimate of drug-likeness (QED) is 0.312. The average molecular weight is 450 g/mol. The normalized spacial score (nSPS) is 11.9. The number of ether oxygens (including phenoxy) is 1. The van der Waals surface area contributed by atoms with Crippen LogP contribution < -0.4 is 15.4 Å². The van der Waals surface area contributed by atoms with E-state index in [9.17, 15) is 12.8 Å². The molecule has 0 saturated heterocycles. The molecule has 170 valence electrons. The molecule has 0 atom stereocenters. The van der Waals surface area contributed by atoms with Gasteiger partial charge in [0.25, 0.3) is 0 Å². The van der Waals surface area contributed by atoms with Gasteiger partial charge >= 0.3 is 0 Å². The minimum atomic E-state index is -3.22. The Bertz CT molecular complexity index is 961. The van der Waals surface area contributed by atoms with Gasteiger partial charge in [0, 0.05) is 26.4 Å². The highest BCUT2D eigenvalue weighted by molar-refractivity contribution is 7.89. The number of sulfone groups is 1. The molecule has 0 unspecified atom stereocenters. The zero-order valence-electron chi connectivity index (χ0n) is 18.4. The molecule has 0 spiro atoms. The molecule has 2 aromatic carbocycles. The van der Waals surface area contributed by atoms with Crippen LogP contribution in [0.2, 0.25) is 0 Å². The number of halogens is 1. The van der Waals surface area contributed by atoms with Crippen LogP contribution in [0, 0.1) is 5.82 Å². The topological polar surface area (TPSA) is 79.8 Å². The van der Waals surface area contributed by atoms with Crippen molar-refractivity contribution in [3.63, 3.8) is 0 Å². The van der Waals surface area contributed by atoms with Gasteiger partial charge in [0.15, 0.2) is 15.8 Å². The molecule has 2 N–H and O–H groups in total. The van der Waals surface area contributed by atoms with Crippen molar-refractivity contribution in [2.24, 2.45) is 4.99 Å². The van der Waals surface area contributed by atoms with E-state index in [2.05, 4.69) is 22.5 Å². The Balaban J connectivity index is 1.85. The lowest BCUT2D eigenvalue weighted by molar-refractivity contribution is 0.309. The Morgan fingerprint density at radius 2 is 1.84 bits per heavy atom. The van der Waals surface area contributed by atoms with E-state index in [4.69, 9.17) is 4.74 Å². The predicted molar refractivity (Wildman–Crippen MR) is 124 cm³/mol. The molecular weight excluding hydrogens is 417 g/mol. The summed E-state index contributed by atoms with van der Waals surface area (Å²) in [5.41, 5.74) is 2.34. The van der Waals surface area contributed by atoms with Crippen LogP contribution in [0.5, 0.6) is 5.75 Å². The molecule has 0 aliphatic heterocycles. The standard InChI is InChI=1S/C23H32FN3O3S/c1-4-5-14-30-22-10-6-18(7-11-22)12-13-26-23(25-2)27-16-20-15-21(24)9-8-19(20)17-31(3,28)29/h6-11,15H,4-5,12-14,16-17H2,1-3H3,(H2,25,26,27). The monoisotopic (exact) mass is 449 g/mol. The van der Waals surface area contributed by atoms with Crippen LogP contribution in [0.15, 0.2) is 47.5 Å². The largest absolute Gasteiger partial charge is 0.494 e. The number of rotatable bonds is 11. The molecule has 2 rings (SSSR count). The Morgan fingerprint density at radius 1 is 1.10 bits per heavy atom. The maximum atomic E-state index is 13.7. The molecule has 0 heterocycles. The van der Waals surface area contributed by atoms with Gasteiger partial charge in [-0.15, -0.1) is 0 Å². The molecule has 0 fully saturated rings. The second-order valence-corrected chi connectivity index (χ2v) is 9.57. The molecule has 0 aromatic heterocycles. The van der Waals surface area contributed by atoms with Crippen LogP contribution in [0.3, 0.4) is 0 Å². The fourth-order valence-corrected chi connectivity index (χ4v) is 3.84. The molecule has 0 aliphatic carbocycles. The number of nitrogens with one attached hydrogen (secondary N) is 2. The number of hydrogen-bond donors (Lipinski definition) is 2. The van der Waals surface area contributed by atoms with Crippen LogP contribution in [0.1, 0.15) is 36.5 Å². The third-order valence-corrected chi connectivity index (χ3v) is 5.49. The molecule has 8 heteroatoms. The van der Waals surface area contributed by atoms with Gasteiger partial charge in [0.05, 0.1) is 12.4 Å². The van der Waals surface area contributed by atoms with Crippen molar-refractivity contribution in [1.82, 2.24) is 10.6 Å². The molecule has 0 aliphatic rings. The van der Waals surface area contributed by atoms with E-state index in [1.54, 1.807) is 7.05 Å². The summed E-state index contributed by atoms with van der Waals surface area (Å²) >= 11 is 0. The van der Waals surface area contributed by atoms with Gasteiger partial charge in [-0.3, -0.25) is 4.99 Å². The van der Waals surface area contributed by atoms with Crippen molar-refractivity contribution < 1.29 is 17.5 Å². The SMILES string of the molecule is CCCCOc1ccc(CCNC(=NC)NCc2cc(F)ccc2CS(C)(=O)=O)cc1. The maximum absolute atomic E-state index is 13.7. The fraction of sp³-hybridized carbons (Fsp3) is 0.435. The molecule has 31 heavy (non-hydrogen) atoms. The lowest BCUT2D eigenvalue weighted by Gasteiger charge is -2.14. The summed E-state index contributed by atoms with van der Waals surface area (Å²) in [5, 5.41) is 6.34. The van der Waals surface area contributed by atoms with Gasteiger partial charge in [-0.25, -0.2) is 12.8 Å². The highest BCUT2D eigenvalue weighted by Crippen LogP contribution is 2.15. The number of aliphatic imine (C=N–C) groups is 1. The lowest BCUT2D eigenvalue weighted by atomic mass is 10.1. The zero-order valence-corrected chi connectivity index (χ0v) is 19.3. The number of benzene rings is 2. The van der Waals surface area contributed by atoms with Crippen molar-refractivity contribution in [1.29, 1.82) is 0 Å².